The standard InChI is InChI=1S/C12H21N3O3S/c1-9(19(2,16)17)11-14-10(18-15-11)8-12(13)6-4-3-5-7-12/h9H,3-8,13H2,1-2H3. The smallest absolute Gasteiger partial charge is 0.228 e. The van der Waals surface area contributed by atoms with Gasteiger partial charge in [-0.15, -0.1) is 0 Å². The van der Waals surface area contributed by atoms with E-state index in [4.69, 9.17) is 10.3 Å². The number of nitrogens with two attached hydrogens (primary N) is 1. The average molecular weight is 287 g/mol. The first-order valence-corrected chi connectivity index (χ1v) is 8.56. The van der Waals surface area contributed by atoms with Gasteiger partial charge >= 0.3 is 0 Å². The predicted molar refractivity (Wildman–Crippen MR) is 71.3 cm³/mol. The molecule has 0 aliphatic heterocycles. The largest absolute Gasteiger partial charge is 0.339 e. The molecule has 1 aliphatic carbocycles. The molecule has 7 heteroatoms. The van der Waals surface area contributed by atoms with Gasteiger partial charge < -0.3 is 10.3 Å². The van der Waals surface area contributed by atoms with Crippen molar-refractivity contribution in [2.45, 2.75) is 56.2 Å². The van der Waals surface area contributed by atoms with Gasteiger partial charge in [-0.25, -0.2) is 8.42 Å². The highest BCUT2D eigenvalue weighted by Crippen LogP contribution is 2.29. The quantitative estimate of drug-likeness (QED) is 0.898. The fraction of sp³-hybridized carbons (Fsp3) is 0.833. The molecule has 0 saturated heterocycles. The molecule has 19 heavy (non-hydrogen) atoms. The monoisotopic (exact) mass is 287 g/mol. The van der Waals surface area contributed by atoms with E-state index in [2.05, 4.69) is 10.1 Å². The molecule has 0 spiro atoms. The normalized spacial score (nSPS) is 21.2. The maximum atomic E-state index is 11.4. The number of nitrogens with zero attached hydrogens (tertiary/aromatic N) is 2. The van der Waals surface area contributed by atoms with Gasteiger partial charge in [-0.05, 0) is 19.8 Å². The Bertz CT molecular complexity index is 532. The van der Waals surface area contributed by atoms with Gasteiger partial charge in [0.1, 0.15) is 5.25 Å². The van der Waals surface area contributed by atoms with Crippen molar-refractivity contribution in [3.8, 4) is 0 Å². The van der Waals surface area contributed by atoms with Crippen molar-refractivity contribution < 1.29 is 12.9 Å². The Hall–Kier alpha value is -0.950. The van der Waals surface area contributed by atoms with Crippen molar-refractivity contribution in [3.63, 3.8) is 0 Å². The van der Waals surface area contributed by atoms with Gasteiger partial charge in [-0.2, -0.15) is 4.98 Å². The number of sulfone groups is 1. The van der Waals surface area contributed by atoms with Crippen LogP contribution >= 0.6 is 0 Å². The van der Waals surface area contributed by atoms with E-state index in [1.165, 1.54) is 12.7 Å². The SMILES string of the molecule is CC(c1noc(CC2(N)CCCCC2)n1)S(C)(=O)=O. The Balaban J connectivity index is 2.09. The minimum absolute atomic E-state index is 0.219. The fourth-order valence-electron chi connectivity index (χ4n) is 2.43. The molecule has 108 valence electrons. The van der Waals surface area contributed by atoms with Gasteiger partial charge in [-0.1, -0.05) is 24.4 Å². The van der Waals surface area contributed by atoms with Crippen LogP contribution in [0.4, 0.5) is 0 Å². The Morgan fingerprint density at radius 1 is 1.37 bits per heavy atom. The molecule has 1 unspecified atom stereocenters. The topological polar surface area (TPSA) is 99.1 Å². The van der Waals surface area contributed by atoms with Crippen molar-refractivity contribution in [1.82, 2.24) is 10.1 Å². The Morgan fingerprint density at radius 3 is 2.58 bits per heavy atom. The highest BCUT2D eigenvalue weighted by atomic mass is 32.2. The maximum Gasteiger partial charge on any atom is 0.228 e. The van der Waals surface area contributed by atoms with E-state index in [1.54, 1.807) is 6.92 Å². The van der Waals surface area contributed by atoms with Gasteiger partial charge in [0, 0.05) is 18.2 Å². The van der Waals surface area contributed by atoms with E-state index in [1.807, 2.05) is 0 Å². The molecule has 0 radical (unpaired) electrons. The van der Waals surface area contributed by atoms with E-state index >= 15 is 0 Å². The summed E-state index contributed by atoms with van der Waals surface area (Å²) in [6.45, 7) is 1.56. The summed E-state index contributed by atoms with van der Waals surface area (Å²) in [6, 6.07) is 0. The number of rotatable bonds is 4. The molecule has 2 rings (SSSR count). The minimum Gasteiger partial charge on any atom is -0.339 e. The third kappa shape index (κ3) is 3.54. The van der Waals surface area contributed by atoms with Gasteiger partial charge in [0.05, 0.1) is 0 Å². The number of hydrogen-bond donors (Lipinski definition) is 1. The Kier molecular flexibility index (Phi) is 3.96. The van der Waals surface area contributed by atoms with Gasteiger partial charge in [0.2, 0.25) is 5.89 Å². The van der Waals surface area contributed by atoms with Crippen LogP contribution in [-0.4, -0.2) is 30.4 Å². The van der Waals surface area contributed by atoms with Crippen LogP contribution in [0.3, 0.4) is 0 Å². The van der Waals surface area contributed by atoms with E-state index in [0.717, 1.165) is 25.7 Å². The van der Waals surface area contributed by atoms with Crippen LogP contribution in [0.2, 0.25) is 0 Å². The zero-order chi connectivity index (χ0) is 14.1. The average Bonchev–Trinajstić information content (AvgIpc) is 2.75. The first-order valence-electron chi connectivity index (χ1n) is 6.60. The molecule has 1 aliphatic rings. The molecule has 2 N–H and O–H groups in total. The first kappa shape index (κ1) is 14.5. The van der Waals surface area contributed by atoms with E-state index in [0.29, 0.717) is 12.3 Å². The minimum atomic E-state index is -3.21. The molecule has 1 heterocycles. The second-order valence-corrected chi connectivity index (χ2v) is 7.98. The van der Waals surface area contributed by atoms with Crippen molar-refractivity contribution in [2.75, 3.05) is 6.26 Å². The van der Waals surface area contributed by atoms with Crippen LogP contribution in [0.25, 0.3) is 0 Å². The summed E-state index contributed by atoms with van der Waals surface area (Å²) < 4.78 is 28.0. The van der Waals surface area contributed by atoms with Crippen LogP contribution in [0.15, 0.2) is 4.52 Å². The maximum absolute atomic E-state index is 11.4. The van der Waals surface area contributed by atoms with Crippen molar-refractivity contribution >= 4 is 9.84 Å². The summed E-state index contributed by atoms with van der Waals surface area (Å²) in [5, 5.41) is 3.01. The summed E-state index contributed by atoms with van der Waals surface area (Å²) in [7, 11) is -3.21. The van der Waals surface area contributed by atoms with E-state index < -0.39 is 15.1 Å². The van der Waals surface area contributed by atoms with E-state index in [9.17, 15) is 8.42 Å². The van der Waals surface area contributed by atoms with Gasteiger partial charge in [0.25, 0.3) is 0 Å². The van der Waals surface area contributed by atoms with Crippen LogP contribution in [-0.2, 0) is 16.3 Å². The number of aromatic nitrogens is 2. The van der Waals surface area contributed by atoms with Crippen LogP contribution in [0.5, 0.6) is 0 Å². The molecule has 0 bridgehead atoms. The lowest BCUT2D eigenvalue weighted by Gasteiger charge is -2.31. The van der Waals surface area contributed by atoms with Crippen molar-refractivity contribution in [1.29, 1.82) is 0 Å². The third-order valence-corrected chi connectivity index (χ3v) is 5.34. The second kappa shape index (κ2) is 5.20. The summed E-state index contributed by atoms with van der Waals surface area (Å²) in [6.07, 6.45) is 7.06. The predicted octanol–water partition coefficient (Wildman–Crippen LogP) is 1.38. The highest BCUT2D eigenvalue weighted by molar-refractivity contribution is 7.90. The van der Waals surface area contributed by atoms with Crippen molar-refractivity contribution in [2.24, 2.45) is 5.73 Å². The van der Waals surface area contributed by atoms with Gasteiger partial charge in [-0.3, -0.25) is 0 Å². The molecule has 1 atom stereocenters. The van der Waals surface area contributed by atoms with E-state index in [-0.39, 0.29) is 11.4 Å². The molecule has 0 amide bonds. The Labute approximate surface area is 113 Å². The zero-order valence-electron chi connectivity index (χ0n) is 11.4. The molecule has 1 aromatic rings. The molecular weight excluding hydrogens is 266 g/mol. The molecule has 1 aromatic heterocycles. The summed E-state index contributed by atoms with van der Waals surface area (Å²) in [5.74, 6) is 0.659. The molecule has 0 aromatic carbocycles. The summed E-state index contributed by atoms with van der Waals surface area (Å²) in [4.78, 5) is 4.18. The van der Waals surface area contributed by atoms with Crippen LogP contribution in [0, 0.1) is 0 Å². The van der Waals surface area contributed by atoms with Gasteiger partial charge in [0.15, 0.2) is 15.7 Å². The molecular formula is C12H21N3O3S. The molecule has 1 fully saturated rings. The second-order valence-electron chi connectivity index (χ2n) is 5.62. The van der Waals surface area contributed by atoms with Crippen molar-refractivity contribution in [3.05, 3.63) is 11.7 Å². The van der Waals surface area contributed by atoms with Crippen LogP contribution in [0.1, 0.15) is 56.0 Å². The zero-order valence-corrected chi connectivity index (χ0v) is 12.2. The third-order valence-electron chi connectivity index (χ3n) is 3.84. The number of hydrogen-bond acceptors (Lipinski definition) is 6. The fourth-order valence-corrected chi connectivity index (χ4v) is 2.91. The Morgan fingerprint density at radius 2 is 2.00 bits per heavy atom. The lowest BCUT2D eigenvalue weighted by atomic mass is 9.80. The van der Waals surface area contributed by atoms with Crippen LogP contribution < -0.4 is 5.73 Å². The molecule has 6 nitrogen and oxygen atoms in total. The lowest BCUT2D eigenvalue weighted by molar-refractivity contribution is 0.260. The summed E-state index contributed by atoms with van der Waals surface area (Å²) in [5.41, 5.74) is 6.03. The molecule has 1 saturated carbocycles. The summed E-state index contributed by atoms with van der Waals surface area (Å²) >= 11 is 0. The highest BCUT2D eigenvalue weighted by Gasteiger charge is 2.31. The lowest BCUT2D eigenvalue weighted by Crippen LogP contribution is -2.43. The first-order chi connectivity index (χ1) is 8.80.